The second kappa shape index (κ2) is 8.02. The minimum atomic E-state index is -0.295. The molecule has 0 amide bonds. The van der Waals surface area contributed by atoms with Gasteiger partial charge in [-0.25, -0.2) is 4.79 Å². The standard InChI is InChI=1S/C19H26O2/c1-15(2)19(20)21-18(17-12-6-7-13-17)14-8-5-11-16-9-3-4-10-16/h8-9,12,14,18H,1,3-7,10-11,13H2,2H3. The molecule has 1 unspecified atom stereocenters. The van der Waals surface area contributed by atoms with E-state index in [9.17, 15) is 4.79 Å². The zero-order chi connectivity index (χ0) is 15.1. The molecule has 0 spiro atoms. The van der Waals surface area contributed by atoms with E-state index in [0.29, 0.717) is 5.57 Å². The fourth-order valence-electron chi connectivity index (χ4n) is 2.86. The molecule has 0 aromatic heterocycles. The Morgan fingerprint density at radius 3 is 2.71 bits per heavy atom. The summed E-state index contributed by atoms with van der Waals surface area (Å²) in [5.41, 5.74) is 3.28. The first-order valence-electron chi connectivity index (χ1n) is 8.07. The number of hydrogen-bond donors (Lipinski definition) is 0. The zero-order valence-electron chi connectivity index (χ0n) is 13.1. The molecule has 0 aliphatic heterocycles. The van der Waals surface area contributed by atoms with Gasteiger partial charge in [0.05, 0.1) is 0 Å². The third kappa shape index (κ3) is 5.04. The molecule has 2 aliphatic rings. The summed E-state index contributed by atoms with van der Waals surface area (Å²) in [7, 11) is 0. The van der Waals surface area contributed by atoms with Crippen molar-refractivity contribution in [2.45, 2.75) is 64.4 Å². The molecule has 2 aliphatic carbocycles. The fraction of sp³-hybridized carbons (Fsp3) is 0.526. The van der Waals surface area contributed by atoms with Crippen LogP contribution in [0.25, 0.3) is 0 Å². The highest BCUT2D eigenvalue weighted by Gasteiger charge is 2.19. The molecular formula is C19H26O2. The Morgan fingerprint density at radius 2 is 2.10 bits per heavy atom. The van der Waals surface area contributed by atoms with Gasteiger partial charge < -0.3 is 4.74 Å². The van der Waals surface area contributed by atoms with Crippen LogP contribution in [-0.4, -0.2) is 12.1 Å². The van der Waals surface area contributed by atoms with Gasteiger partial charge >= 0.3 is 5.97 Å². The van der Waals surface area contributed by atoms with E-state index in [1.54, 1.807) is 12.5 Å². The van der Waals surface area contributed by atoms with Crippen LogP contribution in [0.5, 0.6) is 0 Å². The SMILES string of the molecule is C=C(C)C(=O)OC(C=CCCC1=CCCC1)C1=CCCC1. The van der Waals surface area contributed by atoms with Gasteiger partial charge in [0.25, 0.3) is 0 Å². The van der Waals surface area contributed by atoms with Crippen LogP contribution in [0.3, 0.4) is 0 Å². The summed E-state index contributed by atoms with van der Waals surface area (Å²) in [6.07, 6.45) is 17.8. The van der Waals surface area contributed by atoms with Crippen LogP contribution in [0.2, 0.25) is 0 Å². The molecule has 0 aromatic carbocycles. The first-order chi connectivity index (χ1) is 10.2. The number of rotatable bonds is 7. The van der Waals surface area contributed by atoms with Gasteiger partial charge in [-0.05, 0) is 69.9 Å². The molecule has 0 saturated carbocycles. The molecule has 2 heteroatoms. The highest BCUT2D eigenvalue weighted by Crippen LogP contribution is 2.25. The molecule has 0 aromatic rings. The predicted octanol–water partition coefficient (Wildman–Crippen LogP) is 5.03. The van der Waals surface area contributed by atoms with Gasteiger partial charge in [-0.2, -0.15) is 0 Å². The van der Waals surface area contributed by atoms with Crippen LogP contribution in [0.15, 0.2) is 47.6 Å². The van der Waals surface area contributed by atoms with E-state index < -0.39 is 0 Å². The smallest absolute Gasteiger partial charge is 0.334 e. The van der Waals surface area contributed by atoms with E-state index >= 15 is 0 Å². The van der Waals surface area contributed by atoms with Crippen molar-refractivity contribution in [3.8, 4) is 0 Å². The molecule has 0 fully saturated rings. The van der Waals surface area contributed by atoms with Crippen molar-refractivity contribution >= 4 is 5.97 Å². The molecule has 2 rings (SSSR count). The third-order valence-electron chi connectivity index (χ3n) is 4.10. The lowest BCUT2D eigenvalue weighted by Crippen LogP contribution is -2.18. The van der Waals surface area contributed by atoms with Crippen LogP contribution in [-0.2, 0) is 9.53 Å². The Bertz CT molecular complexity index is 480. The Morgan fingerprint density at radius 1 is 1.33 bits per heavy atom. The topological polar surface area (TPSA) is 26.3 Å². The van der Waals surface area contributed by atoms with Gasteiger partial charge in [0.1, 0.15) is 6.10 Å². The molecule has 114 valence electrons. The van der Waals surface area contributed by atoms with E-state index in [2.05, 4.69) is 24.8 Å². The quantitative estimate of drug-likeness (QED) is 0.373. The zero-order valence-corrected chi connectivity index (χ0v) is 13.1. The summed E-state index contributed by atoms with van der Waals surface area (Å²) >= 11 is 0. The minimum absolute atomic E-state index is 0.200. The number of ether oxygens (including phenoxy) is 1. The van der Waals surface area contributed by atoms with Crippen LogP contribution >= 0.6 is 0 Å². The van der Waals surface area contributed by atoms with Crippen molar-refractivity contribution in [1.29, 1.82) is 0 Å². The highest BCUT2D eigenvalue weighted by atomic mass is 16.5. The molecule has 2 nitrogen and oxygen atoms in total. The largest absolute Gasteiger partial charge is 0.450 e. The maximum atomic E-state index is 11.8. The monoisotopic (exact) mass is 286 g/mol. The lowest BCUT2D eigenvalue weighted by Gasteiger charge is -2.16. The Balaban J connectivity index is 1.88. The predicted molar refractivity (Wildman–Crippen MR) is 86.9 cm³/mol. The normalized spacial score (nSPS) is 19.5. The summed E-state index contributed by atoms with van der Waals surface area (Å²) in [6, 6.07) is 0. The Hall–Kier alpha value is -1.57. The van der Waals surface area contributed by atoms with Gasteiger partial charge in [-0.15, -0.1) is 0 Å². The van der Waals surface area contributed by atoms with Gasteiger partial charge in [-0.3, -0.25) is 0 Å². The van der Waals surface area contributed by atoms with Crippen molar-refractivity contribution < 1.29 is 9.53 Å². The van der Waals surface area contributed by atoms with Gasteiger partial charge in [-0.1, -0.05) is 30.4 Å². The number of carbonyl (C=O) groups excluding carboxylic acids is 1. The molecule has 0 N–H and O–H groups in total. The first kappa shape index (κ1) is 15.8. The Kier molecular flexibility index (Phi) is 6.04. The summed E-state index contributed by atoms with van der Waals surface area (Å²) in [4.78, 5) is 11.8. The van der Waals surface area contributed by atoms with Crippen molar-refractivity contribution in [1.82, 2.24) is 0 Å². The summed E-state index contributed by atoms with van der Waals surface area (Å²) in [5.74, 6) is -0.295. The van der Waals surface area contributed by atoms with E-state index in [4.69, 9.17) is 4.74 Å². The average molecular weight is 286 g/mol. The number of allylic oxidation sites excluding steroid dienone is 4. The maximum Gasteiger partial charge on any atom is 0.334 e. The number of hydrogen-bond acceptors (Lipinski definition) is 2. The molecule has 0 heterocycles. The van der Waals surface area contributed by atoms with Crippen molar-refractivity contribution in [2.75, 3.05) is 0 Å². The van der Waals surface area contributed by atoms with Crippen LogP contribution < -0.4 is 0 Å². The fourth-order valence-corrected chi connectivity index (χ4v) is 2.86. The third-order valence-corrected chi connectivity index (χ3v) is 4.10. The van der Waals surface area contributed by atoms with E-state index in [1.165, 1.54) is 24.8 Å². The number of carbonyl (C=O) groups is 1. The first-order valence-corrected chi connectivity index (χ1v) is 8.07. The molecule has 1 atom stereocenters. The van der Waals surface area contributed by atoms with E-state index in [-0.39, 0.29) is 12.1 Å². The van der Waals surface area contributed by atoms with Crippen molar-refractivity contribution in [3.63, 3.8) is 0 Å². The lowest BCUT2D eigenvalue weighted by molar-refractivity contribution is -0.140. The number of esters is 1. The van der Waals surface area contributed by atoms with E-state index in [1.807, 2.05) is 6.08 Å². The molecule has 21 heavy (non-hydrogen) atoms. The summed E-state index contributed by atoms with van der Waals surface area (Å²) in [5, 5.41) is 0. The van der Waals surface area contributed by atoms with Gasteiger partial charge in [0.2, 0.25) is 0 Å². The summed E-state index contributed by atoms with van der Waals surface area (Å²) in [6.45, 7) is 5.35. The van der Waals surface area contributed by atoms with Gasteiger partial charge in [0, 0.05) is 5.57 Å². The second-order valence-electron chi connectivity index (χ2n) is 6.00. The van der Waals surface area contributed by atoms with Gasteiger partial charge in [0.15, 0.2) is 0 Å². The van der Waals surface area contributed by atoms with Crippen molar-refractivity contribution in [2.24, 2.45) is 0 Å². The second-order valence-corrected chi connectivity index (χ2v) is 6.00. The van der Waals surface area contributed by atoms with Crippen molar-refractivity contribution in [3.05, 3.63) is 47.6 Å². The van der Waals surface area contributed by atoms with E-state index in [0.717, 1.165) is 32.1 Å². The highest BCUT2D eigenvalue weighted by molar-refractivity contribution is 5.87. The Labute approximate surface area is 128 Å². The van der Waals surface area contributed by atoms with Crippen LogP contribution in [0.4, 0.5) is 0 Å². The van der Waals surface area contributed by atoms with Crippen LogP contribution in [0.1, 0.15) is 58.3 Å². The summed E-state index contributed by atoms with van der Waals surface area (Å²) < 4.78 is 5.56. The van der Waals surface area contributed by atoms with Crippen LogP contribution in [0, 0.1) is 0 Å². The molecule has 0 radical (unpaired) electrons. The molecule has 0 bridgehead atoms. The average Bonchev–Trinajstić information content (AvgIpc) is 3.14. The lowest BCUT2D eigenvalue weighted by atomic mass is 10.1. The molecule has 0 saturated heterocycles. The molecular weight excluding hydrogens is 260 g/mol. The minimum Gasteiger partial charge on any atom is -0.450 e. The maximum absolute atomic E-state index is 11.8.